The minimum atomic E-state index is -0.341. The highest BCUT2D eigenvalue weighted by Crippen LogP contribution is 2.20. The monoisotopic (exact) mass is 298 g/mol. The van der Waals surface area contributed by atoms with E-state index in [0.717, 1.165) is 36.9 Å². The van der Waals surface area contributed by atoms with Crippen molar-refractivity contribution in [3.05, 3.63) is 26.4 Å². The Hall–Kier alpha value is -1.47. The molecule has 20 heavy (non-hydrogen) atoms. The summed E-state index contributed by atoms with van der Waals surface area (Å²) in [6, 6.07) is 0. The molecule has 0 radical (unpaired) electrons. The minimum absolute atomic E-state index is 0.147. The third kappa shape index (κ3) is 3.55. The van der Waals surface area contributed by atoms with Gasteiger partial charge in [0.2, 0.25) is 0 Å². The number of nitrogens with one attached hydrogen (secondary N) is 1. The molecule has 0 aromatic carbocycles. The van der Waals surface area contributed by atoms with Crippen molar-refractivity contribution in [3.8, 4) is 0 Å². The maximum absolute atomic E-state index is 12.0. The van der Waals surface area contributed by atoms with Gasteiger partial charge in [-0.2, -0.15) is 0 Å². The van der Waals surface area contributed by atoms with Crippen LogP contribution in [0.3, 0.4) is 0 Å². The van der Waals surface area contributed by atoms with E-state index in [-0.39, 0.29) is 31.6 Å². The number of hydrogen-bond acceptors (Lipinski definition) is 5. The summed E-state index contributed by atoms with van der Waals surface area (Å²) in [7, 11) is 0. The van der Waals surface area contributed by atoms with Crippen LogP contribution in [-0.2, 0) is 33.8 Å². The first-order valence-corrected chi connectivity index (χ1v) is 7.06. The molecule has 6 nitrogen and oxygen atoms in total. The molecule has 2 rings (SSSR count). The topological polar surface area (TPSA) is 73.3 Å². The van der Waals surface area contributed by atoms with Crippen molar-refractivity contribution in [1.82, 2.24) is 9.55 Å². The van der Waals surface area contributed by atoms with Crippen LogP contribution in [0, 0.1) is 4.64 Å². The Morgan fingerprint density at radius 2 is 2.10 bits per heavy atom. The lowest BCUT2D eigenvalue weighted by Crippen LogP contribution is -2.30. The Kier molecular flexibility index (Phi) is 5.08. The average molecular weight is 298 g/mol. The third-order valence-electron chi connectivity index (χ3n) is 3.26. The summed E-state index contributed by atoms with van der Waals surface area (Å²) in [5, 5.41) is 0. The molecular weight excluding hydrogens is 280 g/mol. The van der Waals surface area contributed by atoms with Crippen LogP contribution in [0.2, 0.25) is 0 Å². The number of aromatic amines is 1. The van der Waals surface area contributed by atoms with Gasteiger partial charge in [-0.3, -0.25) is 14.3 Å². The minimum Gasteiger partial charge on any atom is -0.463 e. The second kappa shape index (κ2) is 6.81. The molecule has 0 spiro atoms. The number of fused-ring (bicyclic) bond motifs is 1. The Labute approximate surface area is 121 Å². The number of carbonyl (C=O) groups excluding carboxylic acids is 1. The van der Waals surface area contributed by atoms with Crippen LogP contribution in [0.15, 0.2) is 4.79 Å². The summed E-state index contributed by atoms with van der Waals surface area (Å²) in [6.45, 7) is 1.94. The van der Waals surface area contributed by atoms with Gasteiger partial charge in [-0.1, -0.05) is 12.2 Å². The summed E-state index contributed by atoms with van der Waals surface area (Å²) in [4.78, 5) is 25.3. The average Bonchev–Trinajstić information content (AvgIpc) is 2.41. The molecule has 1 aliphatic rings. The maximum atomic E-state index is 12.0. The zero-order chi connectivity index (χ0) is 14.5. The lowest BCUT2D eigenvalue weighted by molar-refractivity contribution is -0.142. The summed E-state index contributed by atoms with van der Waals surface area (Å²) in [5.74, 6) is -0.341. The Balaban J connectivity index is 2.06. The second-order valence-electron chi connectivity index (χ2n) is 4.70. The molecule has 1 heterocycles. The van der Waals surface area contributed by atoms with Crippen molar-refractivity contribution in [2.75, 3.05) is 13.2 Å². The lowest BCUT2D eigenvalue weighted by atomic mass is 9.97. The number of hydrogen-bond donors (Lipinski definition) is 1. The molecule has 0 saturated heterocycles. The fraction of sp³-hybridized carbons (Fsp3) is 0.615. The molecule has 0 saturated carbocycles. The van der Waals surface area contributed by atoms with Gasteiger partial charge < -0.3 is 9.47 Å². The molecule has 0 unspecified atom stereocenters. The van der Waals surface area contributed by atoms with Crippen molar-refractivity contribution in [2.45, 2.75) is 39.3 Å². The van der Waals surface area contributed by atoms with E-state index in [4.69, 9.17) is 21.7 Å². The number of rotatable bonds is 5. The molecule has 1 N–H and O–H groups in total. The van der Waals surface area contributed by atoms with E-state index >= 15 is 0 Å². The largest absolute Gasteiger partial charge is 0.463 e. The molecule has 7 heteroatoms. The van der Waals surface area contributed by atoms with Gasteiger partial charge in [-0.25, -0.2) is 4.79 Å². The molecular formula is C13H18N2O4S. The van der Waals surface area contributed by atoms with Gasteiger partial charge in [-0.05, 0) is 25.7 Å². The van der Waals surface area contributed by atoms with Crippen LogP contribution in [0.1, 0.15) is 31.0 Å². The van der Waals surface area contributed by atoms with Gasteiger partial charge in [0.15, 0.2) is 0 Å². The van der Waals surface area contributed by atoms with Gasteiger partial charge >= 0.3 is 11.7 Å². The zero-order valence-corrected chi connectivity index (χ0v) is 12.3. The standard InChI is InChI=1S/C13H18N2O4S/c1-9(16)19-7-6-18-8-15-11-5-3-2-4-10(11)12(20)14-13(15)17/h2-8H2,1H3,(H,14,17,20). The van der Waals surface area contributed by atoms with Crippen molar-refractivity contribution in [1.29, 1.82) is 0 Å². The smallest absolute Gasteiger partial charge is 0.328 e. The van der Waals surface area contributed by atoms with Gasteiger partial charge in [0.25, 0.3) is 0 Å². The maximum Gasteiger partial charge on any atom is 0.328 e. The molecule has 0 atom stereocenters. The second-order valence-corrected chi connectivity index (χ2v) is 5.11. The van der Waals surface area contributed by atoms with E-state index < -0.39 is 0 Å². The summed E-state index contributed by atoms with van der Waals surface area (Å²) in [6.07, 6.45) is 3.89. The summed E-state index contributed by atoms with van der Waals surface area (Å²) in [5.41, 5.74) is 1.77. The zero-order valence-electron chi connectivity index (χ0n) is 11.4. The highest BCUT2D eigenvalue weighted by molar-refractivity contribution is 7.71. The summed E-state index contributed by atoms with van der Waals surface area (Å²) >= 11 is 5.20. The van der Waals surface area contributed by atoms with Gasteiger partial charge in [0.1, 0.15) is 18.0 Å². The van der Waals surface area contributed by atoms with Crippen LogP contribution >= 0.6 is 12.2 Å². The van der Waals surface area contributed by atoms with Crippen molar-refractivity contribution < 1.29 is 14.3 Å². The van der Waals surface area contributed by atoms with Gasteiger partial charge in [0.05, 0.1) is 6.61 Å². The number of ether oxygens (including phenoxy) is 2. The number of carbonyl (C=O) groups is 1. The highest BCUT2D eigenvalue weighted by atomic mass is 32.1. The predicted octanol–water partition coefficient (Wildman–Crippen LogP) is 1.32. The Morgan fingerprint density at radius 1 is 1.35 bits per heavy atom. The number of H-pyrrole nitrogens is 1. The van der Waals surface area contributed by atoms with Crippen molar-refractivity contribution in [2.24, 2.45) is 0 Å². The molecule has 1 aliphatic carbocycles. The number of aromatic nitrogens is 2. The highest BCUT2D eigenvalue weighted by Gasteiger charge is 2.16. The van der Waals surface area contributed by atoms with E-state index in [9.17, 15) is 9.59 Å². The first-order chi connectivity index (χ1) is 9.59. The van der Waals surface area contributed by atoms with Gasteiger partial charge in [-0.15, -0.1) is 0 Å². The molecule has 110 valence electrons. The Bertz CT molecular complexity index is 605. The first-order valence-electron chi connectivity index (χ1n) is 6.65. The van der Waals surface area contributed by atoms with E-state index in [2.05, 4.69) is 4.98 Å². The molecule has 0 bridgehead atoms. The van der Waals surface area contributed by atoms with Crippen molar-refractivity contribution in [3.63, 3.8) is 0 Å². The molecule has 0 aliphatic heterocycles. The van der Waals surface area contributed by atoms with Crippen molar-refractivity contribution >= 4 is 18.2 Å². The third-order valence-corrected chi connectivity index (χ3v) is 3.61. The van der Waals surface area contributed by atoms with Crippen LogP contribution in [0.5, 0.6) is 0 Å². The SMILES string of the molecule is CC(=O)OCCOCn1c2c(c(=S)[nH]c1=O)CCCC2. The van der Waals surface area contributed by atoms with Crippen LogP contribution in [-0.4, -0.2) is 28.7 Å². The summed E-state index contributed by atoms with van der Waals surface area (Å²) < 4.78 is 12.3. The van der Waals surface area contributed by atoms with Gasteiger partial charge in [0, 0.05) is 18.2 Å². The Morgan fingerprint density at radius 3 is 2.85 bits per heavy atom. The fourth-order valence-electron chi connectivity index (χ4n) is 2.33. The number of esters is 1. The van der Waals surface area contributed by atoms with Crippen LogP contribution in [0.25, 0.3) is 0 Å². The van der Waals surface area contributed by atoms with Crippen LogP contribution < -0.4 is 5.69 Å². The predicted molar refractivity (Wildman–Crippen MR) is 75.1 cm³/mol. The quantitative estimate of drug-likeness (QED) is 0.504. The molecule has 1 aromatic heterocycles. The molecule has 0 amide bonds. The van der Waals surface area contributed by atoms with E-state index in [1.807, 2.05) is 0 Å². The fourth-order valence-corrected chi connectivity index (χ4v) is 2.64. The number of nitrogens with zero attached hydrogens (tertiary/aromatic N) is 1. The van der Waals surface area contributed by atoms with E-state index in [0.29, 0.717) is 4.64 Å². The van der Waals surface area contributed by atoms with Crippen LogP contribution in [0.4, 0.5) is 0 Å². The van der Waals surface area contributed by atoms with E-state index in [1.165, 1.54) is 6.92 Å². The molecule has 0 fully saturated rings. The lowest BCUT2D eigenvalue weighted by Gasteiger charge is -2.20. The van der Waals surface area contributed by atoms with E-state index in [1.54, 1.807) is 4.57 Å². The first kappa shape index (κ1) is 14.9. The molecule has 1 aromatic rings. The normalized spacial score (nSPS) is 13.8.